The molecule has 3 heteroatoms. The molecule has 1 atom stereocenters. The van der Waals surface area contributed by atoms with E-state index in [4.69, 9.17) is 11.6 Å². The maximum absolute atomic E-state index is 9.32. The van der Waals surface area contributed by atoms with Crippen LogP contribution in [0.5, 0.6) is 0 Å². The van der Waals surface area contributed by atoms with Crippen LogP contribution in [0.25, 0.3) is 0 Å². The molecule has 1 N–H and O–H groups in total. The van der Waals surface area contributed by atoms with Gasteiger partial charge in [0.2, 0.25) is 0 Å². The second kappa shape index (κ2) is 6.78. The van der Waals surface area contributed by atoms with Crippen molar-refractivity contribution in [3.63, 3.8) is 0 Å². The Balaban J connectivity index is 2.02. The highest BCUT2D eigenvalue weighted by atomic mass is 35.5. The molecule has 1 aromatic carbocycles. The quantitative estimate of drug-likeness (QED) is 0.828. The van der Waals surface area contributed by atoms with Crippen molar-refractivity contribution >= 4 is 11.6 Å². The fraction of sp³-hybridized carbons (Fsp3) is 0.533. The zero-order chi connectivity index (χ0) is 12.8. The highest BCUT2D eigenvalue weighted by Gasteiger charge is 2.18. The van der Waals surface area contributed by atoms with Gasteiger partial charge < -0.3 is 0 Å². The highest BCUT2D eigenvalue weighted by Crippen LogP contribution is 2.22. The lowest BCUT2D eigenvalue weighted by Crippen LogP contribution is -2.31. The number of benzene rings is 1. The Kier molecular flexibility index (Phi) is 5.04. The van der Waals surface area contributed by atoms with Gasteiger partial charge in [-0.3, -0.25) is 5.32 Å². The average molecular weight is 263 g/mol. The summed E-state index contributed by atoms with van der Waals surface area (Å²) >= 11 is 5.98. The second-order valence-corrected chi connectivity index (χ2v) is 5.41. The van der Waals surface area contributed by atoms with E-state index >= 15 is 0 Å². The zero-order valence-electron chi connectivity index (χ0n) is 10.5. The van der Waals surface area contributed by atoms with E-state index in [9.17, 15) is 5.26 Å². The van der Waals surface area contributed by atoms with E-state index in [0.717, 1.165) is 5.56 Å². The summed E-state index contributed by atoms with van der Waals surface area (Å²) in [7, 11) is 0. The topological polar surface area (TPSA) is 35.8 Å². The van der Waals surface area contributed by atoms with Gasteiger partial charge in [0.05, 0.1) is 6.07 Å². The molecule has 0 bridgehead atoms. The van der Waals surface area contributed by atoms with Gasteiger partial charge in [-0.15, -0.1) is 0 Å². The largest absolute Gasteiger partial charge is 0.295 e. The standard InChI is InChI=1S/C15H19ClN2/c16-13-7-5-6-12(10-13)15(11-17)18-14-8-3-1-2-4-9-14/h5-7,10,14-15,18H,1-4,8-9H2. The predicted molar refractivity (Wildman–Crippen MR) is 74.4 cm³/mol. The van der Waals surface area contributed by atoms with Crippen molar-refractivity contribution < 1.29 is 0 Å². The molecule has 0 saturated heterocycles. The Morgan fingerprint density at radius 2 is 1.94 bits per heavy atom. The molecule has 1 fully saturated rings. The molecule has 0 aromatic heterocycles. The summed E-state index contributed by atoms with van der Waals surface area (Å²) in [6.07, 6.45) is 7.55. The summed E-state index contributed by atoms with van der Waals surface area (Å²) in [6.45, 7) is 0. The molecule has 2 rings (SSSR count). The van der Waals surface area contributed by atoms with Crippen LogP contribution in [0, 0.1) is 11.3 Å². The van der Waals surface area contributed by atoms with Gasteiger partial charge in [-0.05, 0) is 30.5 Å². The molecule has 1 aliphatic rings. The maximum Gasteiger partial charge on any atom is 0.121 e. The molecule has 1 saturated carbocycles. The van der Waals surface area contributed by atoms with Gasteiger partial charge in [0.25, 0.3) is 0 Å². The van der Waals surface area contributed by atoms with Crippen LogP contribution >= 0.6 is 11.6 Å². The molecule has 18 heavy (non-hydrogen) atoms. The molecular weight excluding hydrogens is 244 g/mol. The van der Waals surface area contributed by atoms with Crippen molar-refractivity contribution in [2.45, 2.75) is 50.6 Å². The number of nitrogens with zero attached hydrogens (tertiary/aromatic N) is 1. The minimum Gasteiger partial charge on any atom is -0.295 e. The molecule has 1 aromatic rings. The van der Waals surface area contributed by atoms with Crippen molar-refractivity contribution in [3.8, 4) is 6.07 Å². The lowest BCUT2D eigenvalue weighted by Gasteiger charge is -2.20. The number of rotatable bonds is 3. The van der Waals surface area contributed by atoms with Gasteiger partial charge in [0.1, 0.15) is 6.04 Å². The van der Waals surface area contributed by atoms with E-state index < -0.39 is 0 Å². The van der Waals surface area contributed by atoms with Crippen LogP contribution in [0.1, 0.15) is 50.1 Å². The van der Waals surface area contributed by atoms with Crippen LogP contribution in [0.2, 0.25) is 5.02 Å². The number of halogens is 1. The minimum absolute atomic E-state index is 0.244. The van der Waals surface area contributed by atoms with Crippen molar-refractivity contribution in [1.82, 2.24) is 5.32 Å². The first-order chi connectivity index (χ1) is 8.79. The van der Waals surface area contributed by atoms with Crippen molar-refractivity contribution in [1.29, 1.82) is 5.26 Å². The third-order valence-corrected chi connectivity index (χ3v) is 3.80. The molecule has 1 unspecified atom stereocenters. The Morgan fingerprint density at radius 1 is 1.22 bits per heavy atom. The average Bonchev–Trinajstić information content (AvgIpc) is 2.64. The van der Waals surface area contributed by atoms with Crippen LogP contribution in [0.4, 0.5) is 0 Å². The van der Waals surface area contributed by atoms with Gasteiger partial charge >= 0.3 is 0 Å². The summed E-state index contributed by atoms with van der Waals surface area (Å²) in [5.41, 5.74) is 0.967. The second-order valence-electron chi connectivity index (χ2n) is 4.97. The van der Waals surface area contributed by atoms with Crippen LogP contribution in [-0.2, 0) is 0 Å². The summed E-state index contributed by atoms with van der Waals surface area (Å²) in [6, 6.07) is 10.1. The monoisotopic (exact) mass is 262 g/mol. The van der Waals surface area contributed by atoms with Crippen LogP contribution in [-0.4, -0.2) is 6.04 Å². The van der Waals surface area contributed by atoms with Gasteiger partial charge in [0, 0.05) is 11.1 Å². The first-order valence-electron chi connectivity index (χ1n) is 6.71. The minimum atomic E-state index is -0.244. The van der Waals surface area contributed by atoms with Crippen molar-refractivity contribution in [3.05, 3.63) is 34.9 Å². The maximum atomic E-state index is 9.32. The van der Waals surface area contributed by atoms with Crippen LogP contribution < -0.4 is 5.32 Å². The summed E-state index contributed by atoms with van der Waals surface area (Å²) in [5.74, 6) is 0. The van der Waals surface area contributed by atoms with E-state index in [0.29, 0.717) is 11.1 Å². The van der Waals surface area contributed by atoms with E-state index in [-0.39, 0.29) is 6.04 Å². The fourth-order valence-corrected chi connectivity index (χ4v) is 2.77. The Bertz CT molecular complexity index is 417. The predicted octanol–water partition coefficient (Wildman–Crippen LogP) is 4.22. The molecule has 0 radical (unpaired) electrons. The third kappa shape index (κ3) is 3.73. The van der Waals surface area contributed by atoms with E-state index in [1.807, 2.05) is 24.3 Å². The molecule has 0 heterocycles. The van der Waals surface area contributed by atoms with Crippen LogP contribution in [0.15, 0.2) is 24.3 Å². The Labute approximate surface area is 114 Å². The number of hydrogen-bond acceptors (Lipinski definition) is 2. The SMILES string of the molecule is N#CC(NC1CCCCCC1)c1cccc(Cl)c1. The zero-order valence-corrected chi connectivity index (χ0v) is 11.3. The number of nitriles is 1. The molecule has 96 valence electrons. The van der Waals surface area contributed by atoms with E-state index in [1.54, 1.807) is 0 Å². The molecule has 0 spiro atoms. The van der Waals surface area contributed by atoms with Crippen LogP contribution in [0.3, 0.4) is 0 Å². The lowest BCUT2D eigenvalue weighted by molar-refractivity contribution is 0.436. The fourth-order valence-electron chi connectivity index (χ4n) is 2.58. The third-order valence-electron chi connectivity index (χ3n) is 3.57. The lowest BCUT2D eigenvalue weighted by atomic mass is 10.0. The summed E-state index contributed by atoms with van der Waals surface area (Å²) in [4.78, 5) is 0. The van der Waals surface area contributed by atoms with Crippen molar-refractivity contribution in [2.24, 2.45) is 0 Å². The van der Waals surface area contributed by atoms with Crippen molar-refractivity contribution in [2.75, 3.05) is 0 Å². The smallest absolute Gasteiger partial charge is 0.121 e. The summed E-state index contributed by atoms with van der Waals surface area (Å²) in [5, 5.41) is 13.5. The first-order valence-corrected chi connectivity index (χ1v) is 7.08. The molecule has 2 nitrogen and oxygen atoms in total. The number of hydrogen-bond donors (Lipinski definition) is 1. The molecule has 0 aliphatic heterocycles. The van der Waals surface area contributed by atoms with Gasteiger partial charge in [-0.2, -0.15) is 5.26 Å². The van der Waals surface area contributed by atoms with Gasteiger partial charge in [-0.25, -0.2) is 0 Å². The molecular formula is C15H19ClN2. The first kappa shape index (κ1) is 13.4. The Morgan fingerprint density at radius 3 is 2.56 bits per heavy atom. The number of nitrogens with one attached hydrogen (secondary N) is 1. The highest BCUT2D eigenvalue weighted by molar-refractivity contribution is 6.30. The van der Waals surface area contributed by atoms with E-state index in [2.05, 4.69) is 11.4 Å². The van der Waals surface area contributed by atoms with Gasteiger partial charge in [-0.1, -0.05) is 49.4 Å². The molecule has 0 amide bonds. The normalized spacial score (nSPS) is 18.9. The van der Waals surface area contributed by atoms with E-state index in [1.165, 1.54) is 38.5 Å². The molecule has 1 aliphatic carbocycles. The van der Waals surface area contributed by atoms with Gasteiger partial charge in [0.15, 0.2) is 0 Å². The Hall–Kier alpha value is -1.04. The summed E-state index contributed by atoms with van der Waals surface area (Å²) < 4.78 is 0.